The smallest absolute Gasteiger partial charge is 0.151 e. The predicted molar refractivity (Wildman–Crippen MR) is 78.5 cm³/mol. The van der Waals surface area contributed by atoms with Gasteiger partial charge >= 0.3 is 0 Å². The summed E-state index contributed by atoms with van der Waals surface area (Å²) in [5.74, 6) is 0.0234. The van der Waals surface area contributed by atoms with Gasteiger partial charge in [0.25, 0.3) is 0 Å². The normalized spacial score (nSPS) is 29.1. The first-order chi connectivity index (χ1) is 8.74. The second-order valence-corrected chi connectivity index (χ2v) is 8.42. The van der Waals surface area contributed by atoms with Crippen molar-refractivity contribution in [3.63, 3.8) is 0 Å². The fourth-order valence-electron chi connectivity index (χ4n) is 2.80. The van der Waals surface area contributed by atoms with Crippen LogP contribution in [0, 0.1) is 5.41 Å². The molecule has 0 aromatic heterocycles. The van der Waals surface area contributed by atoms with Gasteiger partial charge in [0.05, 0.1) is 17.1 Å². The number of aliphatic hydroxyl groups is 1. The lowest BCUT2D eigenvalue weighted by atomic mass is 9.69. The zero-order valence-corrected chi connectivity index (χ0v) is 13.2. The van der Waals surface area contributed by atoms with Gasteiger partial charge in [-0.05, 0) is 25.0 Å². The molecule has 0 aliphatic carbocycles. The Morgan fingerprint density at radius 1 is 1.47 bits per heavy atom. The average molecular weight is 348 g/mol. The summed E-state index contributed by atoms with van der Waals surface area (Å²) < 4.78 is 24.3. The highest BCUT2D eigenvalue weighted by molar-refractivity contribution is 9.10. The fourth-order valence-corrected chi connectivity index (χ4v) is 5.70. The maximum Gasteiger partial charge on any atom is 0.151 e. The molecule has 1 fully saturated rings. The minimum Gasteiger partial charge on any atom is -0.385 e. The third-order valence-corrected chi connectivity index (χ3v) is 6.72. The van der Waals surface area contributed by atoms with Gasteiger partial charge in [-0.3, -0.25) is 0 Å². The average Bonchev–Trinajstić information content (AvgIpc) is 2.67. The lowest BCUT2D eigenvalue weighted by Crippen LogP contribution is -2.49. The molecule has 0 saturated carbocycles. The molecule has 4 nitrogen and oxygen atoms in total. The number of benzene rings is 1. The van der Waals surface area contributed by atoms with Gasteiger partial charge in [-0.15, -0.1) is 0 Å². The van der Waals surface area contributed by atoms with Gasteiger partial charge in [-0.1, -0.05) is 34.1 Å². The largest absolute Gasteiger partial charge is 0.385 e. The van der Waals surface area contributed by atoms with Crippen LogP contribution in [0.3, 0.4) is 0 Å². The molecule has 3 N–H and O–H groups in total. The van der Waals surface area contributed by atoms with Crippen molar-refractivity contribution >= 4 is 25.8 Å². The second-order valence-electron chi connectivity index (χ2n) is 5.38. The standard InChI is InChI=1S/C13H18BrNO3S/c1-12(16,10-4-2-3-5-11(10)14)13(8-15)6-7-19(17,18)9-13/h2-5,16H,6-9,15H2,1H3. The number of nitrogens with two attached hydrogens (primary N) is 1. The Morgan fingerprint density at radius 2 is 2.11 bits per heavy atom. The highest BCUT2D eigenvalue weighted by Crippen LogP contribution is 2.48. The van der Waals surface area contributed by atoms with E-state index in [-0.39, 0.29) is 18.1 Å². The molecule has 106 valence electrons. The Bertz CT molecular complexity index is 585. The van der Waals surface area contributed by atoms with E-state index >= 15 is 0 Å². The van der Waals surface area contributed by atoms with Crippen LogP contribution in [0.4, 0.5) is 0 Å². The predicted octanol–water partition coefficient (Wildman–Crippen LogP) is 1.42. The quantitative estimate of drug-likeness (QED) is 0.866. The molecule has 0 bridgehead atoms. The minimum absolute atomic E-state index is 0.0646. The van der Waals surface area contributed by atoms with Gasteiger partial charge < -0.3 is 10.8 Å². The lowest BCUT2D eigenvalue weighted by molar-refractivity contribution is -0.0588. The third kappa shape index (κ3) is 2.46. The molecule has 1 aliphatic rings. The van der Waals surface area contributed by atoms with Gasteiger partial charge in [0.1, 0.15) is 0 Å². The fraction of sp³-hybridized carbons (Fsp3) is 0.538. The number of halogens is 1. The van der Waals surface area contributed by atoms with E-state index < -0.39 is 20.9 Å². The van der Waals surface area contributed by atoms with Crippen LogP contribution in [0.15, 0.2) is 28.7 Å². The summed E-state index contributed by atoms with van der Waals surface area (Å²) in [4.78, 5) is 0. The molecule has 19 heavy (non-hydrogen) atoms. The Labute approximate surface area is 122 Å². The molecule has 1 heterocycles. The van der Waals surface area contributed by atoms with Gasteiger partial charge in [-0.25, -0.2) is 8.42 Å². The van der Waals surface area contributed by atoms with Gasteiger partial charge in [0.15, 0.2) is 9.84 Å². The molecule has 2 atom stereocenters. The zero-order valence-electron chi connectivity index (χ0n) is 10.8. The van der Waals surface area contributed by atoms with Gasteiger partial charge in [0.2, 0.25) is 0 Å². The van der Waals surface area contributed by atoms with Crippen LogP contribution in [0.1, 0.15) is 18.9 Å². The molecule has 2 unspecified atom stereocenters. The third-order valence-electron chi connectivity index (χ3n) is 4.21. The van der Waals surface area contributed by atoms with Crippen LogP contribution in [0.2, 0.25) is 0 Å². The number of rotatable bonds is 3. The number of hydrogen-bond acceptors (Lipinski definition) is 4. The van der Waals surface area contributed by atoms with E-state index in [1.165, 1.54) is 0 Å². The molecular formula is C13H18BrNO3S. The Morgan fingerprint density at radius 3 is 2.58 bits per heavy atom. The molecule has 1 saturated heterocycles. The molecule has 1 aromatic carbocycles. The monoisotopic (exact) mass is 347 g/mol. The van der Waals surface area contributed by atoms with Crippen LogP contribution in [0.5, 0.6) is 0 Å². The van der Waals surface area contributed by atoms with E-state index in [4.69, 9.17) is 5.73 Å². The summed E-state index contributed by atoms with van der Waals surface area (Å²) >= 11 is 3.41. The van der Waals surface area contributed by atoms with E-state index in [9.17, 15) is 13.5 Å². The highest BCUT2D eigenvalue weighted by atomic mass is 79.9. The minimum atomic E-state index is -3.13. The van der Waals surface area contributed by atoms with Crippen molar-refractivity contribution in [2.45, 2.75) is 18.9 Å². The molecule has 2 rings (SSSR count). The Kier molecular flexibility index (Phi) is 3.81. The summed E-state index contributed by atoms with van der Waals surface area (Å²) in [5, 5.41) is 11.0. The van der Waals surface area contributed by atoms with Crippen molar-refractivity contribution in [3.05, 3.63) is 34.3 Å². The lowest BCUT2D eigenvalue weighted by Gasteiger charge is -2.42. The molecular weight excluding hydrogens is 330 g/mol. The van der Waals surface area contributed by atoms with Crippen LogP contribution >= 0.6 is 15.9 Å². The van der Waals surface area contributed by atoms with Crippen molar-refractivity contribution < 1.29 is 13.5 Å². The molecule has 0 radical (unpaired) electrons. The summed E-state index contributed by atoms with van der Waals surface area (Å²) in [7, 11) is -3.13. The molecule has 1 aliphatic heterocycles. The van der Waals surface area contributed by atoms with Crippen molar-refractivity contribution in [1.82, 2.24) is 0 Å². The van der Waals surface area contributed by atoms with Crippen LogP contribution in [-0.4, -0.2) is 31.6 Å². The summed E-state index contributed by atoms with van der Waals surface area (Å²) in [5.41, 5.74) is 4.39. The molecule has 6 heteroatoms. The molecule has 0 amide bonds. The SMILES string of the molecule is CC(O)(c1ccccc1Br)C1(CN)CCS(=O)(=O)C1. The first-order valence-corrected chi connectivity index (χ1v) is 8.73. The first-order valence-electron chi connectivity index (χ1n) is 6.12. The summed E-state index contributed by atoms with van der Waals surface area (Å²) in [6.07, 6.45) is 0.389. The van der Waals surface area contributed by atoms with E-state index in [1.54, 1.807) is 13.0 Å². The van der Waals surface area contributed by atoms with Crippen LogP contribution < -0.4 is 5.73 Å². The highest BCUT2D eigenvalue weighted by Gasteiger charge is 2.54. The first kappa shape index (κ1) is 15.0. The summed E-state index contributed by atoms with van der Waals surface area (Å²) in [6.45, 7) is 1.79. The summed E-state index contributed by atoms with van der Waals surface area (Å²) in [6, 6.07) is 7.30. The topological polar surface area (TPSA) is 80.4 Å². The second kappa shape index (κ2) is 4.84. The molecule has 1 aromatic rings. The van der Waals surface area contributed by atoms with E-state index in [2.05, 4.69) is 15.9 Å². The maximum atomic E-state index is 11.8. The van der Waals surface area contributed by atoms with E-state index in [1.807, 2.05) is 18.2 Å². The van der Waals surface area contributed by atoms with Crippen molar-refractivity contribution in [1.29, 1.82) is 0 Å². The maximum absolute atomic E-state index is 11.8. The van der Waals surface area contributed by atoms with Crippen molar-refractivity contribution in [3.8, 4) is 0 Å². The zero-order chi connectivity index (χ0) is 14.3. The molecule has 0 spiro atoms. The number of hydrogen-bond donors (Lipinski definition) is 2. The van der Waals surface area contributed by atoms with Gasteiger partial charge in [-0.2, -0.15) is 0 Å². The van der Waals surface area contributed by atoms with E-state index in [0.717, 1.165) is 4.47 Å². The van der Waals surface area contributed by atoms with Crippen LogP contribution in [-0.2, 0) is 15.4 Å². The Balaban J connectivity index is 2.52. The van der Waals surface area contributed by atoms with Crippen LogP contribution in [0.25, 0.3) is 0 Å². The van der Waals surface area contributed by atoms with Gasteiger partial charge in [0, 0.05) is 16.4 Å². The number of sulfone groups is 1. The van der Waals surface area contributed by atoms with Crippen molar-refractivity contribution in [2.24, 2.45) is 11.1 Å². The van der Waals surface area contributed by atoms with E-state index in [0.29, 0.717) is 12.0 Å². The van der Waals surface area contributed by atoms with Crippen molar-refractivity contribution in [2.75, 3.05) is 18.1 Å². The Hall–Kier alpha value is -0.430.